The van der Waals surface area contributed by atoms with E-state index in [1.54, 1.807) is 11.3 Å². The van der Waals surface area contributed by atoms with Gasteiger partial charge in [0.1, 0.15) is 5.52 Å². The Morgan fingerprint density at radius 2 is 2.12 bits per heavy atom. The van der Waals surface area contributed by atoms with Crippen molar-refractivity contribution >= 4 is 28.1 Å². The van der Waals surface area contributed by atoms with Gasteiger partial charge in [0.2, 0.25) is 5.89 Å². The molecule has 0 spiro atoms. The molecule has 1 aromatic carbocycles. The lowest BCUT2D eigenvalue weighted by molar-refractivity contribution is 0.621. The first-order valence-electron chi connectivity index (χ1n) is 4.95. The van der Waals surface area contributed by atoms with E-state index in [1.165, 1.54) is 4.88 Å². The minimum atomic E-state index is 0.665. The van der Waals surface area contributed by atoms with Crippen molar-refractivity contribution < 1.29 is 4.42 Å². The lowest BCUT2D eigenvalue weighted by atomic mass is 10.3. The van der Waals surface area contributed by atoms with Crippen molar-refractivity contribution in [3.05, 3.63) is 35.2 Å². The van der Waals surface area contributed by atoms with E-state index in [-0.39, 0.29) is 0 Å². The van der Waals surface area contributed by atoms with Crippen LogP contribution in [-0.4, -0.2) is 4.98 Å². The molecule has 0 amide bonds. The molecule has 0 aliphatic heterocycles. The summed E-state index contributed by atoms with van der Waals surface area (Å²) in [6.07, 6.45) is 0. The van der Waals surface area contributed by atoms with Crippen molar-refractivity contribution in [2.75, 3.05) is 5.73 Å². The molecule has 0 aliphatic carbocycles. The van der Waals surface area contributed by atoms with Crippen molar-refractivity contribution in [3.63, 3.8) is 0 Å². The average molecular weight is 230 g/mol. The SMILES string of the molecule is Cc1ccc(-c2nc3cc(N)ccc3o2)s1. The minimum Gasteiger partial charge on any atom is -0.435 e. The quantitative estimate of drug-likeness (QED) is 0.651. The first-order chi connectivity index (χ1) is 7.72. The maximum absolute atomic E-state index is 5.70. The topological polar surface area (TPSA) is 52.0 Å². The number of benzene rings is 1. The fourth-order valence-corrected chi connectivity index (χ4v) is 2.39. The Kier molecular flexibility index (Phi) is 1.97. The molecule has 2 N–H and O–H groups in total. The maximum atomic E-state index is 5.70. The van der Waals surface area contributed by atoms with Gasteiger partial charge in [-0.05, 0) is 37.3 Å². The van der Waals surface area contributed by atoms with E-state index in [1.807, 2.05) is 24.3 Å². The monoisotopic (exact) mass is 230 g/mol. The third-order valence-corrected chi connectivity index (χ3v) is 3.35. The highest BCUT2D eigenvalue weighted by Crippen LogP contribution is 2.30. The summed E-state index contributed by atoms with van der Waals surface area (Å²) in [7, 11) is 0. The smallest absolute Gasteiger partial charge is 0.237 e. The van der Waals surface area contributed by atoms with Gasteiger partial charge in [-0.15, -0.1) is 11.3 Å². The van der Waals surface area contributed by atoms with Crippen LogP contribution < -0.4 is 5.73 Å². The normalized spacial score (nSPS) is 11.1. The van der Waals surface area contributed by atoms with Gasteiger partial charge in [0.25, 0.3) is 0 Å². The summed E-state index contributed by atoms with van der Waals surface area (Å²) < 4.78 is 5.67. The number of rotatable bonds is 1. The number of aromatic nitrogens is 1. The Bertz CT molecular complexity index is 654. The number of fused-ring (bicyclic) bond motifs is 1. The zero-order chi connectivity index (χ0) is 11.1. The number of hydrogen-bond donors (Lipinski definition) is 1. The number of nitrogen functional groups attached to an aromatic ring is 1. The number of thiophene rings is 1. The van der Waals surface area contributed by atoms with Crippen molar-refractivity contribution in [1.82, 2.24) is 4.98 Å². The highest BCUT2D eigenvalue weighted by molar-refractivity contribution is 7.15. The van der Waals surface area contributed by atoms with Crippen molar-refractivity contribution in [2.45, 2.75) is 6.92 Å². The van der Waals surface area contributed by atoms with E-state index < -0.39 is 0 Å². The number of aryl methyl sites for hydroxylation is 1. The fourth-order valence-electron chi connectivity index (χ4n) is 1.60. The van der Waals surface area contributed by atoms with E-state index in [9.17, 15) is 0 Å². The summed E-state index contributed by atoms with van der Waals surface area (Å²) in [6.45, 7) is 2.06. The molecule has 80 valence electrons. The van der Waals surface area contributed by atoms with E-state index in [4.69, 9.17) is 10.2 Å². The summed E-state index contributed by atoms with van der Waals surface area (Å²) in [5.74, 6) is 0.665. The molecule has 2 heterocycles. The van der Waals surface area contributed by atoms with Crippen LogP contribution >= 0.6 is 11.3 Å². The largest absolute Gasteiger partial charge is 0.435 e. The number of anilines is 1. The second kappa shape index (κ2) is 3.35. The molecule has 0 fully saturated rings. The summed E-state index contributed by atoms with van der Waals surface area (Å²) >= 11 is 1.67. The van der Waals surface area contributed by atoms with Gasteiger partial charge in [-0.1, -0.05) is 0 Å². The van der Waals surface area contributed by atoms with Crippen LogP contribution in [0.2, 0.25) is 0 Å². The second-order valence-corrected chi connectivity index (χ2v) is 4.94. The highest BCUT2D eigenvalue weighted by Gasteiger charge is 2.09. The second-order valence-electron chi connectivity index (χ2n) is 3.66. The standard InChI is InChI=1S/C12H10N2OS/c1-7-2-5-11(16-7)12-14-9-6-8(13)3-4-10(9)15-12/h2-6H,13H2,1H3. The average Bonchev–Trinajstić information content (AvgIpc) is 2.83. The van der Waals surface area contributed by atoms with Crippen LogP contribution in [0.5, 0.6) is 0 Å². The maximum Gasteiger partial charge on any atom is 0.237 e. The molecule has 3 aromatic rings. The molecule has 0 unspecified atom stereocenters. The third-order valence-electron chi connectivity index (χ3n) is 2.36. The predicted octanol–water partition coefficient (Wildman–Crippen LogP) is 3.45. The molecular weight excluding hydrogens is 220 g/mol. The van der Waals surface area contributed by atoms with Crippen LogP contribution in [0.1, 0.15) is 4.88 Å². The molecular formula is C12H10N2OS. The van der Waals surface area contributed by atoms with Gasteiger partial charge in [-0.2, -0.15) is 0 Å². The Morgan fingerprint density at radius 3 is 2.88 bits per heavy atom. The number of nitrogens with zero attached hydrogens (tertiary/aromatic N) is 1. The molecule has 0 atom stereocenters. The van der Waals surface area contributed by atoms with Crippen LogP contribution in [0.15, 0.2) is 34.7 Å². The van der Waals surface area contributed by atoms with E-state index in [0.717, 1.165) is 16.0 Å². The molecule has 0 saturated heterocycles. The van der Waals surface area contributed by atoms with Crippen LogP contribution in [0.3, 0.4) is 0 Å². The lowest BCUT2D eigenvalue weighted by Crippen LogP contribution is -1.82. The number of oxazole rings is 1. The highest BCUT2D eigenvalue weighted by atomic mass is 32.1. The Morgan fingerprint density at radius 1 is 1.25 bits per heavy atom. The Hall–Kier alpha value is -1.81. The van der Waals surface area contributed by atoms with Gasteiger partial charge >= 0.3 is 0 Å². The van der Waals surface area contributed by atoms with Crippen molar-refractivity contribution in [2.24, 2.45) is 0 Å². The predicted molar refractivity (Wildman–Crippen MR) is 66.5 cm³/mol. The third kappa shape index (κ3) is 1.47. The molecule has 0 bridgehead atoms. The number of nitrogens with two attached hydrogens (primary N) is 1. The number of hydrogen-bond acceptors (Lipinski definition) is 4. The van der Waals surface area contributed by atoms with Gasteiger partial charge in [0.15, 0.2) is 5.58 Å². The molecule has 3 nitrogen and oxygen atoms in total. The van der Waals surface area contributed by atoms with Gasteiger partial charge in [0.05, 0.1) is 4.88 Å². The van der Waals surface area contributed by atoms with Crippen molar-refractivity contribution in [1.29, 1.82) is 0 Å². The van der Waals surface area contributed by atoms with E-state index in [2.05, 4.69) is 18.0 Å². The van der Waals surface area contributed by atoms with Crippen LogP contribution in [0, 0.1) is 6.92 Å². The van der Waals surface area contributed by atoms with Crippen LogP contribution in [0.4, 0.5) is 5.69 Å². The molecule has 16 heavy (non-hydrogen) atoms. The van der Waals surface area contributed by atoms with Gasteiger partial charge in [0, 0.05) is 10.6 Å². The summed E-state index contributed by atoms with van der Waals surface area (Å²) in [6, 6.07) is 9.57. The molecule has 0 saturated carbocycles. The minimum absolute atomic E-state index is 0.665. The summed E-state index contributed by atoms with van der Waals surface area (Å²) in [5, 5.41) is 0. The summed E-state index contributed by atoms with van der Waals surface area (Å²) in [5.41, 5.74) is 7.98. The van der Waals surface area contributed by atoms with Crippen molar-refractivity contribution in [3.8, 4) is 10.8 Å². The summed E-state index contributed by atoms with van der Waals surface area (Å²) in [4.78, 5) is 6.72. The fraction of sp³-hybridized carbons (Fsp3) is 0.0833. The molecule has 4 heteroatoms. The molecule has 0 radical (unpaired) electrons. The molecule has 3 rings (SSSR count). The van der Waals surface area contributed by atoms with Crippen LogP contribution in [0.25, 0.3) is 21.9 Å². The zero-order valence-electron chi connectivity index (χ0n) is 8.73. The van der Waals surface area contributed by atoms with Crippen LogP contribution in [-0.2, 0) is 0 Å². The Labute approximate surface area is 96.5 Å². The van der Waals surface area contributed by atoms with Gasteiger partial charge < -0.3 is 10.2 Å². The zero-order valence-corrected chi connectivity index (χ0v) is 9.54. The Balaban J connectivity index is 2.18. The molecule has 2 aromatic heterocycles. The first kappa shape index (κ1) is 9.42. The van der Waals surface area contributed by atoms with E-state index >= 15 is 0 Å². The van der Waals surface area contributed by atoms with Gasteiger partial charge in [-0.3, -0.25) is 0 Å². The molecule has 0 aliphatic rings. The first-order valence-corrected chi connectivity index (χ1v) is 5.77. The van der Waals surface area contributed by atoms with E-state index in [0.29, 0.717) is 11.6 Å². The van der Waals surface area contributed by atoms with Gasteiger partial charge in [-0.25, -0.2) is 4.98 Å². The lowest BCUT2D eigenvalue weighted by Gasteiger charge is -1.88.